The summed E-state index contributed by atoms with van der Waals surface area (Å²) in [4.78, 5) is 6.37. The third-order valence-corrected chi connectivity index (χ3v) is 3.36. The van der Waals surface area contributed by atoms with Gasteiger partial charge >= 0.3 is 0 Å². The maximum atomic E-state index is 9.50. The van der Waals surface area contributed by atoms with Crippen LogP contribution in [0.25, 0.3) is 0 Å². The fourth-order valence-corrected chi connectivity index (χ4v) is 1.93. The summed E-state index contributed by atoms with van der Waals surface area (Å²) in [5, 5.41) is 9.50. The van der Waals surface area contributed by atoms with Gasteiger partial charge in [-0.05, 0) is 42.9 Å². The summed E-state index contributed by atoms with van der Waals surface area (Å²) in [5.74, 6) is 2.56. The Morgan fingerprint density at radius 2 is 2.38 bits per heavy atom. The molecule has 3 atom stereocenters. The van der Waals surface area contributed by atoms with Gasteiger partial charge in [-0.1, -0.05) is 6.92 Å². The minimum absolute atomic E-state index is 0.453. The van der Waals surface area contributed by atoms with E-state index in [1.807, 2.05) is 13.1 Å². The highest BCUT2D eigenvalue weighted by Gasteiger charge is 2.33. The van der Waals surface area contributed by atoms with Crippen molar-refractivity contribution in [2.45, 2.75) is 26.4 Å². The molecule has 16 heavy (non-hydrogen) atoms. The van der Waals surface area contributed by atoms with Gasteiger partial charge in [0.2, 0.25) is 0 Å². The minimum Gasteiger partial charge on any atom is -0.389 e. The van der Waals surface area contributed by atoms with Crippen LogP contribution >= 0.6 is 0 Å². The maximum Gasteiger partial charge on any atom is 0.129 e. The highest BCUT2D eigenvalue weighted by molar-refractivity contribution is 5.40. The second-order valence-corrected chi connectivity index (χ2v) is 4.92. The molecule has 1 aliphatic rings. The molecule has 1 N–H and O–H groups in total. The highest BCUT2D eigenvalue weighted by Crippen LogP contribution is 2.38. The zero-order chi connectivity index (χ0) is 11.7. The van der Waals surface area contributed by atoms with E-state index in [1.165, 1.54) is 6.42 Å². The first-order valence-electron chi connectivity index (χ1n) is 5.85. The molecule has 1 aromatic heterocycles. The van der Waals surface area contributed by atoms with Crippen molar-refractivity contribution in [3.63, 3.8) is 0 Å². The van der Waals surface area contributed by atoms with Crippen LogP contribution in [0.2, 0.25) is 0 Å². The Kier molecular flexibility index (Phi) is 3.15. The molecule has 0 bridgehead atoms. The van der Waals surface area contributed by atoms with Gasteiger partial charge in [0.25, 0.3) is 0 Å². The molecule has 1 heterocycles. The van der Waals surface area contributed by atoms with Crippen molar-refractivity contribution in [3.8, 4) is 0 Å². The fraction of sp³-hybridized carbons (Fsp3) is 0.615. The van der Waals surface area contributed by atoms with Crippen LogP contribution in [0.15, 0.2) is 12.1 Å². The smallest absolute Gasteiger partial charge is 0.129 e. The van der Waals surface area contributed by atoms with E-state index in [0.29, 0.717) is 0 Å². The molecular formula is C13H19N2O. The molecule has 1 radical (unpaired) electrons. The van der Waals surface area contributed by atoms with Crippen LogP contribution in [0.4, 0.5) is 5.82 Å². The number of anilines is 1. The highest BCUT2D eigenvalue weighted by atomic mass is 16.3. The summed E-state index contributed by atoms with van der Waals surface area (Å²) in [5.41, 5.74) is 0.876. The van der Waals surface area contributed by atoms with Crippen molar-refractivity contribution in [2.75, 3.05) is 18.5 Å². The van der Waals surface area contributed by atoms with Crippen LogP contribution in [0.3, 0.4) is 0 Å². The van der Waals surface area contributed by atoms with Gasteiger partial charge in [0.15, 0.2) is 0 Å². The van der Waals surface area contributed by atoms with E-state index in [2.05, 4.69) is 23.0 Å². The lowest BCUT2D eigenvalue weighted by Crippen LogP contribution is -2.21. The molecular weight excluding hydrogens is 200 g/mol. The standard InChI is InChI=1S/C13H19N2O/c1-9-6-12(9)8-15(3)13-7-11(10(2)16)4-5-14-13/h4,7,9-10,12,16H,6,8H2,1-3H3. The monoisotopic (exact) mass is 219 g/mol. The van der Waals surface area contributed by atoms with Crippen molar-refractivity contribution in [1.82, 2.24) is 4.98 Å². The van der Waals surface area contributed by atoms with Crippen molar-refractivity contribution in [3.05, 3.63) is 23.9 Å². The summed E-state index contributed by atoms with van der Waals surface area (Å²) >= 11 is 0. The molecule has 0 amide bonds. The third kappa shape index (κ3) is 2.53. The molecule has 0 saturated heterocycles. The number of rotatable bonds is 4. The van der Waals surface area contributed by atoms with Crippen LogP contribution in [-0.2, 0) is 0 Å². The van der Waals surface area contributed by atoms with E-state index in [-0.39, 0.29) is 0 Å². The summed E-state index contributed by atoms with van der Waals surface area (Å²) in [6, 6.07) is 3.68. The van der Waals surface area contributed by atoms with Gasteiger partial charge in [0.05, 0.1) is 12.3 Å². The zero-order valence-electron chi connectivity index (χ0n) is 10.1. The van der Waals surface area contributed by atoms with E-state index >= 15 is 0 Å². The molecule has 87 valence electrons. The van der Waals surface area contributed by atoms with E-state index < -0.39 is 6.10 Å². The molecule has 2 rings (SSSR count). The number of nitrogens with zero attached hydrogens (tertiary/aromatic N) is 2. The Labute approximate surface area is 97.1 Å². The first-order chi connectivity index (χ1) is 7.58. The molecule has 1 aliphatic carbocycles. The predicted octanol–water partition coefficient (Wildman–Crippen LogP) is 2.03. The summed E-state index contributed by atoms with van der Waals surface area (Å²) < 4.78 is 0. The van der Waals surface area contributed by atoms with Crippen molar-refractivity contribution < 1.29 is 5.11 Å². The van der Waals surface area contributed by atoms with Crippen LogP contribution in [0.1, 0.15) is 31.9 Å². The van der Waals surface area contributed by atoms with Gasteiger partial charge in [-0.3, -0.25) is 0 Å². The second-order valence-electron chi connectivity index (χ2n) is 4.92. The van der Waals surface area contributed by atoms with E-state index in [1.54, 1.807) is 13.0 Å². The molecule has 0 aromatic carbocycles. The van der Waals surface area contributed by atoms with E-state index in [9.17, 15) is 5.11 Å². The predicted molar refractivity (Wildman–Crippen MR) is 64.2 cm³/mol. The summed E-state index contributed by atoms with van der Waals surface area (Å²) in [7, 11) is 2.05. The van der Waals surface area contributed by atoms with Crippen molar-refractivity contribution >= 4 is 5.82 Å². The molecule has 1 aromatic rings. The summed E-state index contributed by atoms with van der Waals surface area (Å²) in [6.45, 7) is 5.09. The normalized spacial score (nSPS) is 25.2. The van der Waals surface area contributed by atoms with Crippen molar-refractivity contribution in [2.24, 2.45) is 11.8 Å². The van der Waals surface area contributed by atoms with Gasteiger partial charge in [-0.15, -0.1) is 0 Å². The van der Waals surface area contributed by atoms with Gasteiger partial charge < -0.3 is 10.0 Å². The zero-order valence-corrected chi connectivity index (χ0v) is 10.1. The van der Waals surface area contributed by atoms with Crippen LogP contribution in [0.5, 0.6) is 0 Å². The van der Waals surface area contributed by atoms with Crippen molar-refractivity contribution in [1.29, 1.82) is 0 Å². The van der Waals surface area contributed by atoms with E-state index in [0.717, 1.165) is 29.8 Å². The van der Waals surface area contributed by atoms with Gasteiger partial charge in [-0.2, -0.15) is 0 Å². The average molecular weight is 219 g/mol. The number of aliphatic hydroxyl groups is 1. The number of hydrogen-bond acceptors (Lipinski definition) is 3. The van der Waals surface area contributed by atoms with Gasteiger partial charge in [0.1, 0.15) is 5.82 Å². The molecule has 3 heteroatoms. The Balaban J connectivity index is 2.04. The van der Waals surface area contributed by atoms with Crippen LogP contribution in [-0.4, -0.2) is 23.7 Å². The fourth-order valence-electron chi connectivity index (χ4n) is 1.93. The molecule has 0 spiro atoms. The SMILES string of the molecule is CC(O)c1c[c]nc(N(C)CC2CC2C)c1. The Morgan fingerprint density at radius 1 is 1.69 bits per heavy atom. The third-order valence-electron chi connectivity index (χ3n) is 3.36. The molecule has 3 nitrogen and oxygen atoms in total. The molecule has 0 aliphatic heterocycles. The topological polar surface area (TPSA) is 36.4 Å². The quantitative estimate of drug-likeness (QED) is 0.841. The second kappa shape index (κ2) is 4.42. The Hall–Kier alpha value is -1.09. The lowest BCUT2D eigenvalue weighted by atomic mass is 10.1. The molecule has 1 saturated carbocycles. The minimum atomic E-state index is -0.453. The maximum absolute atomic E-state index is 9.50. The number of aromatic nitrogens is 1. The largest absolute Gasteiger partial charge is 0.389 e. The summed E-state index contributed by atoms with van der Waals surface area (Å²) in [6.07, 6.45) is 3.72. The van der Waals surface area contributed by atoms with E-state index in [4.69, 9.17) is 0 Å². The molecule has 3 unspecified atom stereocenters. The van der Waals surface area contributed by atoms with Gasteiger partial charge in [-0.25, -0.2) is 4.98 Å². The number of pyridine rings is 1. The molecule has 1 fully saturated rings. The lowest BCUT2D eigenvalue weighted by molar-refractivity contribution is 0.199. The van der Waals surface area contributed by atoms with Crippen LogP contribution in [0, 0.1) is 18.0 Å². The average Bonchev–Trinajstić information content (AvgIpc) is 2.94. The number of aliphatic hydroxyl groups excluding tert-OH is 1. The number of hydrogen-bond donors (Lipinski definition) is 1. The van der Waals surface area contributed by atoms with Crippen LogP contribution < -0.4 is 4.90 Å². The first-order valence-corrected chi connectivity index (χ1v) is 5.85. The Bertz CT molecular complexity index is 365. The first kappa shape index (κ1) is 11.4. The Morgan fingerprint density at radius 3 is 2.94 bits per heavy atom. The lowest BCUT2D eigenvalue weighted by Gasteiger charge is -2.19. The van der Waals surface area contributed by atoms with Gasteiger partial charge in [0, 0.05) is 13.6 Å².